The maximum atomic E-state index is 9.69. The Morgan fingerprint density at radius 2 is 1.85 bits per heavy atom. The predicted molar refractivity (Wildman–Crippen MR) is 85.2 cm³/mol. The van der Waals surface area contributed by atoms with Gasteiger partial charge < -0.3 is 15.2 Å². The highest BCUT2D eigenvalue weighted by Gasteiger charge is 2.15. The predicted octanol–water partition coefficient (Wildman–Crippen LogP) is 3.99. The zero-order valence-corrected chi connectivity index (χ0v) is 12.9. The summed E-state index contributed by atoms with van der Waals surface area (Å²) < 4.78 is 6.59. The van der Waals surface area contributed by atoms with Crippen molar-refractivity contribution in [2.24, 2.45) is 0 Å². The van der Waals surface area contributed by atoms with Crippen LogP contribution in [0, 0.1) is 0 Å². The molecule has 2 rings (SSSR count). The second-order valence-electron chi connectivity index (χ2n) is 4.33. The van der Waals surface area contributed by atoms with Gasteiger partial charge in [-0.1, -0.05) is 30.3 Å². The normalized spacial score (nSPS) is 11.9. The lowest BCUT2D eigenvalue weighted by molar-refractivity contribution is 0.270. The number of aliphatic hydroxyl groups is 1. The Hall–Kier alpha value is -1.52. The van der Waals surface area contributed by atoms with Gasteiger partial charge in [0.15, 0.2) is 0 Å². The number of nitrogens with one attached hydrogen (secondary N) is 1. The average molecular weight is 336 g/mol. The lowest BCUT2D eigenvalue weighted by Gasteiger charge is -2.21. The highest BCUT2D eigenvalue weighted by molar-refractivity contribution is 9.10. The van der Waals surface area contributed by atoms with Crippen molar-refractivity contribution in [3.05, 3.63) is 58.6 Å². The molecule has 0 aliphatic rings. The van der Waals surface area contributed by atoms with Gasteiger partial charge in [0.2, 0.25) is 0 Å². The highest BCUT2D eigenvalue weighted by atomic mass is 79.9. The fourth-order valence-electron chi connectivity index (χ4n) is 2.04. The summed E-state index contributed by atoms with van der Waals surface area (Å²) in [7, 11) is 0. The molecule has 0 amide bonds. The molecule has 0 saturated carbocycles. The van der Waals surface area contributed by atoms with Gasteiger partial charge in [-0.3, -0.25) is 0 Å². The molecule has 0 aliphatic carbocycles. The van der Waals surface area contributed by atoms with Gasteiger partial charge >= 0.3 is 0 Å². The summed E-state index contributed by atoms with van der Waals surface area (Å²) in [5.74, 6) is 0.800. The van der Waals surface area contributed by atoms with E-state index in [2.05, 4.69) is 21.2 Å². The second-order valence-corrected chi connectivity index (χ2v) is 5.18. The van der Waals surface area contributed by atoms with Crippen molar-refractivity contribution in [1.82, 2.24) is 0 Å². The van der Waals surface area contributed by atoms with E-state index in [9.17, 15) is 5.11 Å². The maximum Gasteiger partial charge on any atom is 0.124 e. The SMILES string of the molecule is CCOc1ccccc1C(CO)Nc1ccccc1Br. The van der Waals surface area contributed by atoms with E-state index in [4.69, 9.17) is 4.74 Å². The molecule has 0 bridgehead atoms. The van der Waals surface area contributed by atoms with Crippen LogP contribution in [0.25, 0.3) is 0 Å². The molecule has 2 aromatic rings. The molecular formula is C16H18BrNO2. The number of aliphatic hydroxyl groups excluding tert-OH is 1. The van der Waals surface area contributed by atoms with E-state index in [1.807, 2.05) is 55.5 Å². The van der Waals surface area contributed by atoms with Gasteiger partial charge in [-0.05, 0) is 41.1 Å². The van der Waals surface area contributed by atoms with Gasteiger partial charge in [-0.2, -0.15) is 0 Å². The first kappa shape index (κ1) is 14.9. The number of hydrogen-bond acceptors (Lipinski definition) is 3. The molecule has 3 nitrogen and oxygen atoms in total. The summed E-state index contributed by atoms with van der Waals surface area (Å²) in [6.07, 6.45) is 0. The molecule has 2 N–H and O–H groups in total. The van der Waals surface area contributed by atoms with Crippen LogP contribution < -0.4 is 10.1 Å². The summed E-state index contributed by atoms with van der Waals surface area (Å²) in [5, 5.41) is 13.0. The molecule has 0 spiro atoms. The summed E-state index contributed by atoms with van der Waals surface area (Å²) in [6.45, 7) is 2.54. The van der Waals surface area contributed by atoms with Crippen LogP contribution in [0.2, 0.25) is 0 Å². The first-order valence-electron chi connectivity index (χ1n) is 6.60. The van der Waals surface area contributed by atoms with E-state index in [1.165, 1.54) is 0 Å². The van der Waals surface area contributed by atoms with E-state index in [-0.39, 0.29) is 12.6 Å². The van der Waals surface area contributed by atoms with E-state index >= 15 is 0 Å². The molecule has 0 radical (unpaired) electrons. The van der Waals surface area contributed by atoms with Crippen LogP contribution >= 0.6 is 15.9 Å². The van der Waals surface area contributed by atoms with Crippen molar-refractivity contribution in [3.8, 4) is 5.75 Å². The van der Waals surface area contributed by atoms with Crippen molar-refractivity contribution in [2.75, 3.05) is 18.5 Å². The third kappa shape index (κ3) is 3.52. The number of ether oxygens (including phenoxy) is 1. The topological polar surface area (TPSA) is 41.5 Å². The van der Waals surface area contributed by atoms with Crippen molar-refractivity contribution in [2.45, 2.75) is 13.0 Å². The minimum Gasteiger partial charge on any atom is -0.494 e. The number of rotatable bonds is 6. The third-order valence-electron chi connectivity index (χ3n) is 2.98. The molecule has 0 aliphatic heterocycles. The van der Waals surface area contributed by atoms with Crippen LogP contribution in [0.5, 0.6) is 5.75 Å². The first-order valence-corrected chi connectivity index (χ1v) is 7.39. The minimum atomic E-state index is -0.212. The molecule has 1 atom stereocenters. The van der Waals surface area contributed by atoms with Crippen LogP contribution in [0.1, 0.15) is 18.5 Å². The quantitative estimate of drug-likeness (QED) is 0.838. The molecular weight excluding hydrogens is 318 g/mol. The number of halogens is 1. The Labute approximate surface area is 127 Å². The monoisotopic (exact) mass is 335 g/mol. The summed E-state index contributed by atoms with van der Waals surface area (Å²) in [5.41, 5.74) is 1.89. The fraction of sp³-hybridized carbons (Fsp3) is 0.250. The molecule has 0 heterocycles. The number of para-hydroxylation sites is 2. The minimum absolute atomic E-state index is 0.00851. The van der Waals surface area contributed by atoms with Crippen molar-refractivity contribution < 1.29 is 9.84 Å². The maximum absolute atomic E-state index is 9.69. The zero-order chi connectivity index (χ0) is 14.4. The van der Waals surface area contributed by atoms with E-state index in [1.54, 1.807) is 0 Å². The van der Waals surface area contributed by atoms with Gasteiger partial charge in [-0.15, -0.1) is 0 Å². The third-order valence-corrected chi connectivity index (χ3v) is 3.67. The van der Waals surface area contributed by atoms with Gasteiger partial charge in [-0.25, -0.2) is 0 Å². The van der Waals surface area contributed by atoms with Crippen LogP contribution in [-0.4, -0.2) is 18.3 Å². The number of hydrogen-bond donors (Lipinski definition) is 2. The summed E-state index contributed by atoms with van der Waals surface area (Å²) in [6, 6.07) is 15.4. The second kappa shape index (κ2) is 7.31. The van der Waals surface area contributed by atoms with E-state index in [0.717, 1.165) is 21.5 Å². The fourth-order valence-corrected chi connectivity index (χ4v) is 2.44. The molecule has 4 heteroatoms. The van der Waals surface area contributed by atoms with Crippen molar-refractivity contribution >= 4 is 21.6 Å². The Balaban J connectivity index is 2.27. The number of benzene rings is 2. The largest absolute Gasteiger partial charge is 0.494 e. The first-order chi connectivity index (χ1) is 9.76. The van der Waals surface area contributed by atoms with Crippen LogP contribution in [0.4, 0.5) is 5.69 Å². The van der Waals surface area contributed by atoms with Gasteiger partial charge in [0, 0.05) is 15.7 Å². The Bertz CT molecular complexity index is 560. The smallest absolute Gasteiger partial charge is 0.124 e. The van der Waals surface area contributed by atoms with Crippen LogP contribution in [0.15, 0.2) is 53.0 Å². The Morgan fingerprint density at radius 1 is 1.15 bits per heavy atom. The van der Waals surface area contributed by atoms with E-state index < -0.39 is 0 Å². The van der Waals surface area contributed by atoms with Gasteiger partial charge in [0.1, 0.15) is 5.75 Å². The van der Waals surface area contributed by atoms with Gasteiger partial charge in [0.05, 0.1) is 19.3 Å². The molecule has 20 heavy (non-hydrogen) atoms. The van der Waals surface area contributed by atoms with Crippen LogP contribution in [0.3, 0.4) is 0 Å². The highest BCUT2D eigenvalue weighted by Crippen LogP contribution is 2.30. The Morgan fingerprint density at radius 3 is 2.55 bits per heavy atom. The lowest BCUT2D eigenvalue weighted by Crippen LogP contribution is -2.16. The molecule has 2 aromatic carbocycles. The Kier molecular flexibility index (Phi) is 5.44. The summed E-state index contributed by atoms with van der Waals surface area (Å²) >= 11 is 3.50. The summed E-state index contributed by atoms with van der Waals surface area (Å²) in [4.78, 5) is 0. The van der Waals surface area contributed by atoms with Crippen molar-refractivity contribution in [1.29, 1.82) is 0 Å². The lowest BCUT2D eigenvalue weighted by atomic mass is 10.1. The molecule has 1 unspecified atom stereocenters. The van der Waals surface area contributed by atoms with Gasteiger partial charge in [0.25, 0.3) is 0 Å². The van der Waals surface area contributed by atoms with Crippen molar-refractivity contribution in [3.63, 3.8) is 0 Å². The average Bonchev–Trinajstić information content (AvgIpc) is 2.48. The molecule has 106 valence electrons. The van der Waals surface area contributed by atoms with Crippen LogP contribution in [-0.2, 0) is 0 Å². The molecule has 0 saturated heterocycles. The zero-order valence-electron chi connectivity index (χ0n) is 11.3. The molecule has 0 aromatic heterocycles. The van der Waals surface area contributed by atoms with E-state index in [0.29, 0.717) is 6.61 Å². The molecule has 0 fully saturated rings. The number of anilines is 1. The standard InChI is InChI=1S/C16H18BrNO2/c1-2-20-16-10-6-3-7-12(16)15(11-19)18-14-9-5-4-8-13(14)17/h3-10,15,18-19H,2,11H2,1H3.